The Hall–Kier alpha value is -1.89. The molecule has 0 spiro atoms. The summed E-state index contributed by atoms with van der Waals surface area (Å²) in [6.45, 7) is 0.143. The van der Waals surface area contributed by atoms with Crippen molar-refractivity contribution in [3.05, 3.63) is 29.3 Å². The molecule has 0 aliphatic carbocycles. The van der Waals surface area contributed by atoms with Crippen LogP contribution in [0.15, 0.2) is 18.2 Å². The fourth-order valence-electron chi connectivity index (χ4n) is 2.75. The van der Waals surface area contributed by atoms with Gasteiger partial charge in [-0.15, -0.1) is 0 Å². The molecule has 3 rings (SSSR count). The number of benzene rings is 1. The summed E-state index contributed by atoms with van der Waals surface area (Å²) in [5.74, 6) is -0.195. The van der Waals surface area contributed by atoms with Crippen LogP contribution in [0.25, 0.3) is 0 Å². The summed E-state index contributed by atoms with van der Waals surface area (Å²) in [7, 11) is -3.05. The van der Waals surface area contributed by atoms with Crippen molar-refractivity contribution in [2.75, 3.05) is 17.6 Å². The second-order valence-electron chi connectivity index (χ2n) is 5.44. The van der Waals surface area contributed by atoms with Gasteiger partial charge in [-0.25, -0.2) is 8.42 Å². The van der Waals surface area contributed by atoms with Crippen molar-refractivity contribution < 1.29 is 18.0 Å². The van der Waals surface area contributed by atoms with Gasteiger partial charge in [0.2, 0.25) is 5.91 Å². The Bertz CT molecular complexity index is 712. The van der Waals surface area contributed by atoms with E-state index in [4.69, 9.17) is 0 Å². The van der Waals surface area contributed by atoms with E-state index in [0.717, 1.165) is 5.56 Å². The van der Waals surface area contributed by atoms with Crippen LogP contribution >= 0.6 is 0 Å². The molecule has 1 aromatic carbocycles. The van der Waals surface area contributed by atoms with E-state index in [0.29, 0.717) is 30.5 Å². The first-order chi connectivity index (χ1) is 9.95. The third-order valence-electron chi connectivity index (χ3n) is 3.95. The zero-order valence-electron chi connectivity index (χ0n) is 11.4. The van der Waals surface area contributed by atoms with Crippen LogP contribution in [0.5, 0.6) is 0 Å². The molecule has 2 aliphatic heterocycles. The van der Waals surface area contributed by atoms with Gasteiger partial charge in [-0.3, -0.25) is 9.59 Å². The number of sulfone groups is 1. The lowest BCUT2D eigenvalue weighted by molar-refractivity contribution is -0.115. The SMILES string of the molecule is O=C1Cc2ccc(C(=O)NCC3CCCS3(=O)=O)cc2N1. The van der Waals surface area contributed by atoms with Gasteiger partial charge in [-0.05, 0) is 30.5 Å². The van der Waals surface area contributed by atoms with E-state index in [2.05, 4.69) is 10.6 Å². The van der Waals surface area contributed by atoms with E-state index in [1.54, 1.807) is 18.2 Å². The summed E-state index contributed by atoms with van der Waals surface area (Å²) in [4.78, 5) is 23.3. The summed E-state index contributed by atoms with van der Waals surface area (Å²) < 4.78 is 23.4. The van der Waals surface area contributed by atoms with Gasteiger partial charge in [0.15, 0.2) is 9.84 Å². The Labute approximate surface area is 122 Å². The van der Waals surface area contributed by atoms with Gasteiger partial charge in [0.05, 0.1) is 17.4 Å². The number of nitrogens with one attached hydrogen (secondary N) is 2. The van der Waals surface area contributed by atoms with Crippen LogP contribution in [0.2, 0.25) is 0 Å². The molecule has 0 bridgehead atoms. The maximum absolute atomic E-state index is 12.1. The minimum atomic E-state index is -3.05. The van der Waals surface area contributed by atoms with Gasteiger partial charge < -0.3 is 10.6 Å². The predicted molar refractivity (Wildman–Crippen MR) is 77.9 cm³/mol. The molecule has 2 heterocycles. The van der Waals surface area contributed by atoms with Gasteiger partial charge >= 0.3 is 0 Å². The summed E-state index contributed by atoms with van der Waals surface area (Å²) in [6, 6.07) is 5.02. The lowest BCUT2D eigenvalue weighted by atomic mass is 10.1. The molecule has 2 amide bonds. The number of hydrogen-bond donors (Lipinski definition) is 2. The molecule has 0 radical (unpaired) electrons. The number of hydrogen-bond acceptors (Lipinski definition) is 4. The minimum absolute atomic E-state index is 0.0837. The molecular formula is C14H16N2O4S. The molecular weight excluding hydrogens is 292 g/mol. The van der Waals surface area contributed by atoms with Crippen LogP contribution in [-0.4, -0.2) is 37.8 Å². The van der Waals surface area contributed by atoms with Crippen molar-refractivity contribution in [2.45, 2.75) is 24.5 Å². The number of rotatable bonds is 3. The lowest BCUT2D eigenvalue weighted by Gasteiger charge is -2.11. The average molecular weight is 308 g/mol. The highest BCUT2D eigenvalue weighted by Gasteiger charge is 2.31. The van der Waals surface area contributed by atoms with Gasteiger partial charge in [0, 0.05) is 17.8 Å². The number of carbonyl (C=O) groups is 2. The van der Waals surface area contributed by atoms with Crippen LogP contribution in [0.1, 0.15) is 28.8 Å². The Kier molecular flexibility index (Phi) is 3.44. The Morgan fingerprint density at radius 1 is 1.38 bits per heavy atom. The largest absolute Gasteiger partial charge is 0.351 e. The standard InChI is InChI=1S/C14H16N2O4S/c17-13-7-9-3-4-10(6-12(9)16-13)14(18)15-8-11-2-1-5-21(11,19)20/h3-4,6,11H,1-2,5,7-8H2,(H,15,18)(H,16,17). The first-order valence-electron chi connectivity index (χ1n) is 6.88. The molecule has 1 aromatic rings. The number of carbonyl (C=O) groups excluding carboxylic acids is 2. The highest BCUT2D eigenvalue weighted by Crippen LogP contribution is 2.24. The third kappa shape index (κ3) is 2.78. The fourth-order valence-corrected chi connectivity index (χ4v) is 4.52. The molecule has 2 N–H and O–H groups in total. The molecule has 21 heavy (non-hydrogen) atoms. The van der Waals surface area contributed by atoms with Crippen LogP contribution in [0, 0.1) is 0 Å². The van der Waals surface area contributed by atoms with Crippen LogP contribution in [0.3, 0.4) is 0 Å². The topological polar surface area (TPSA) is 92.3 Å². The highest BCUT2D eigenvalue weighted by atomic mass is 32.2. The maximum atomic E-state index is 12.1. The average Bonchev–Trinajstić information content (AvgIpc) is 2.96. The third-order valence-corrected chi connectivity index (χ3v) is 6.23. The molecule has 0 aromatic heterocycles. The normalized spacial score (nSPS) is 22.7. The van der Waals surface area contributed by atoms with Crippen molar-refractivity contribution in [3.8, 4) is 0 Å². The highest BCUT2D eigenvalue weighted by molar-refractivity contribution is 7.92. The summed E-state index contributed by atoms with van der Waals surface area (Å²) in [5.41, 5.74) is 1.95. The molecule has 1 fully saturated rings. The first kappa shape index (κ1) is 14.1. The molecule has 0 saturated carbocycles. The number of fused-ring (bicyclic) bond motifs is 1. The Balaban J connectivity index is 1.67. The quantitative estimate of drug-likeness (QED) is 0.850. The zero-order valence-corrected chi connectivity index (χ0v) is 12.2. The van der Waals surface area contributed by atoms with Crippen molar-refractivity contribution in [3.63, 3.8) is 0 Å². The second kappa shape index (κ2) is 5.14. The minimum Gasteiger partial charge on any atom is -0.351 e. The molecule has 6 nitrogen and oxygen atoms in total. The van der Waals surface area contributed by atoms with Crippen LogP contribution < -0.4 is 10.6 Å². The van der Waals surface area contributed by atoms with Crippen molar-refractivity contribution in [2.24, 2.45) is 0 Å². The fraction of sp³-hybridized carbons (Fsp3) is 0.429. The van der Waals surface area contributed by atoms with Crippen molar-refractivity contribution in [1.29, 1.82) is 0 Å². The van der Waals surface area contributed by atoms with Gasteiger partial charge in [0.25, 0.3) is 5.91 Å². The number of amides is 2. The van der Waals surface area contributed by atoms with E-state index in [1.165, 1.54) is 0 Å². The van der Waals surface area contributed by atoms with Crippen LogP contribution in [0.4, 0.5) is 5.69 Å². The van der Waals surface area contributed by atoms with Gasteiger partial charge in [-0.1, -0.05) is 6.07 Å². The van der Waals surface area contributed by atoms with E-state index in [9.17, 15) is 18.0 Å². The second-order valence-corrected chi connectivity index (χ2v) is 7.84. The van der Waals surface area contributed by atoms with E-state index in [1.807, 2.05) is 0 Å². The van der Waals surface area contributed by atoms with E-state index in [-0.39, 0.29) is 24.1 Å². The molecule has 112 valence electrons. The van der Waals surface area contributed by atoms with Gasteiger partial charge in [0.1, 0.15) is 0 Å². The molecule has 1 unspecified atom stereocenters. The van der Waals surface area contributed by atoms with Gasteiger partial charge in [-0.2, -0.15) is 0 Å². The van der Waals surface area contributed by atoms with E-state index < -0.39 is 15.1 Å². The molecule has 1 saturated heterocycles. The Morgan fingerprint density at radius 3 is 2.90 bits per heavy atom. The summed E-state index contributed by atoms with van der Waals surface area (Å²) in [5, 5.41) is 4.88. The smallest absolute Gasteiger partial charge is 0.251 e. The summed E-state index contributed by atoms with van der Waals surface area (Å²) >= 11 is 0. The first-order valence-corrected chi connectivity index (χ1v) is 8.60. The predicted octanol–water partition coefficient (Wildman–Crippen LogP) is 0.488. The Morgan fingerprint density at radius 2 is 2.19 bits per heavy atom. The molecule has 2 aliphatic rings. The van der Waals surface area contributed by atoms with Crippen LogP contribution in [-0.2, 0) is 21.1 Å². The zero-order chi connectivity index (χ0) is 15.0. The van der Waals surface area contributed by atoms with Crippen molar-refractivity contribution >= 4 is 27.3 Å². The number of anilines is 1. The maximum Gasteiger partial charge on any atom is 0.251 e. The van der Waals surface area contributed by atoms with Crippen molar-refractivity contribution in [1.82, 2.24) is 5.32 Å². The lowest BCUT2D eigenvalue weighted by Crippen LogP contribution is -2.34. The summed E-state index contributed by atoms with van der Waals surface area (Å²) in [6.07, 6.45) is 1.59. The molecule has 1 atom stereocenters. The van der Waals surface area contributed by atoms with E-state index >= 15 is 0 Å². The monoisotopic (exact) mass is 308 g/mol. The molecule has 7 heteroatoms.